The number of nitrogens with two attached hydrogens (primary N) is 1. The number of anilines is 1. The zero-order valence-corrected chi connectivity index (χ0v) is 12.2. The molecular weight excluding hydrogens is 280 g/mol. The van der Waals surface area contributed by atoms with Crippen LogP contribution in [0.4, 0.5) is 5.82 Å². The van der Waals surface area contributed by atoms with Gasteiger partial charge in [0.2, 0.25) is 0 Å². The summed E-state index contributed by atoms with van der Waals surface area (Å²) in [6.45, 7) is 3.87. The van der Waals surface area contributed by atoms with E-state index in [9.17, 15) is 0 Å². The van der Waals surface area contributed by atoms with Crippen LogP contribution in [0.1, 0.15) is 23.7 Å². The molecule has 3 aromatic rings. The monoisotopic (exact) mass is 292 g/mol. The van der Waals surface area contributed by atoms with Gasteiger partial charge in [-0.2, -0.15) is 5.10 Å². The van der Waals surface area contributed by atoms with Crippen LogP contribution in [0.2, 0.25) is 5.02 Å². The van der Waals surface area contributed by atoms with E-state index in [0.717, 1.165) is 20.9 Å². The highest BCUT2D eigenvalue weighted by Gasteiger charge is 2.19. The van der Waals surface area contributed by atoms with Crippen LogP contribution >= 0.6 is 22.9 Å². The highest BCUT2D eigenvalue weighted by molar-refractivity contribution is 7.18. The molecule has 0 saturated heterocycles. The second kappa shape index (κ2) is 4.51. The molecule has 19 heavy (non-hydrogen) atoms. The number of nitrogen functional groups attached to an aromatic ring is 1. The van der Waals surface area contributed by atoms with Crippen molar-refractivity contribution in [2.75, 3.05) is 5.73 Å². The van der Waals surface area contributed by atoms with Crippen molar-refractivity contribution in [3.05, 3.63) is 40.0 Å². The summed E-state index contributed by atoms with van der Waals surface area (Å²) in [6, 6.07) is 8.04. The number of aromatic nitrogens is 3. The van der Waals surface area contributed by atoms with Crippen molar-refractivity contribution in [3.63, 3.8) is 0 Å². The second-order valence-corrected chi connectivity index (χ2v) is 5.87. The van der Waals surface area contributed by atoms with Gasteiger partial charge < -0.3 is 5.73 Å². The quantitative estimate of drug-likeness (QED) is 0.784. The Morgan fingerprint density at radius 2 is 2.11 bits per heavy atom. The summed E-state index contributed by atoms with van der Waals surface area (Å²) in [5.41, 5.74) is 7.73. The molecule has 0 spiro atoms. The number of benzene rings is 1. The van der Waals surface area contributed by atoms with Crippen molar-refractivity contribution in [1.82, 2.24) is 14.8 Å². The van der Waals surface area contributed by atoms with E-state index in [1.165, 1.54) is 0 Å². The van der Waals surface area contributed by atoms with Crippen LogP contribution in [0.3, 0.4) is 0 Å². The molecule has 2 N–H and O–H groups in total. The SMILES string of the molecule is Cc1nn(C(C)c2nc3ccccc3s2)c(N)c1Cl. The van der Waals surface area contributed by atoms with E-state index in [0.29, 0.717) is 10.8 Å². The molecule has 0 saturated carbocycles. The number of fused-ring (bicyclic) bond motifs is 1. The van der Waals surface area contributed by atoms with E-state index in [2.05, 4.69) is 16.1 Å². The minimum atomic E-state index is -0.0244. The molecule has 2 aromatic heterocycles. The smallest absolute Gasteiger partial charge is 0.141 e. The number of rotatable bonds is 2. The third-order valence-corrected chi connectivity index (χ3v) is 4.76. The molecule has 1 aromatic carbocycles. The summed E-state index contributed by atoms with van der Waals surface area (Å²) in [4.78, 5) is 4.63. The predicted molar refractivity (Wildman–Crippen MR) is 79.8 cm³/mol. The van der Waals surface area contributed by atoms with Gasteiger partial charge in [-0.1, -0.05) is 23.7 Å². The summed E-state index contributed by atoms with van der Waals surface area (Å²) >= 11 is 7.74. The number of nitrogens with zero attached hydrogens (tertiary/aromatic N) is 3. The third-order valence-electron chi connectivity index (χ3n) is 3.08. The fourth-order valence-corrected chi connectivity index (χ4v) is 3.14. The lowest BCUT2D eigenvalue weighted by Gasteiger charge is -2.10. The van der Waals surface area contributed by atoms with Gasteiger partial charge in [-0.15, -0.1) is 11.3 Å². The van der Waals surface area contributed by atoms with Gasteiger partial charge in [0.25, 0.3) is 0 Å². The highest BCUT2D eigenvalue weighted by Crippen LogP contribution is 2.32. The van der Waals surface area contributed by atoms with Crippen LogP contribution in [0.5, 0.6) is 0 Å². The maximum atomic E-state index is 6.08. The average molecular weight is 293 g/mol. The third kappa shape index (κ3) is 1.99. The lowest BCUT2D eigenvalue weighted by atomic mass is 10.3. The molecule has 98 valence electrons. The number of hydrogen-bond donors (Lipinski definition) is 1. The van der Waals surface area contributed by atoms with E-state index in [1.807, 2.05) is 32.0 Å². The molecular formula is C13H13ClN4S. The summed E-state index contributed by atoms with van der Waals surface area (Å²) in [7, 11) is 0. The zero-order valence-electron chi connectivity index (χ0n) is 10.6. The second-order valence-electron chi connectivity index (χ2n) is 4.43. The number of thiazole rings is 1. The van der Waals surface area contributed by atoms with Crippen LogP contribution in [-0.4, -0.2) is 14.8 Å². The molecule has 6 heteroatoms. The van der Waals surface area contributed by atoms with Gasteiger partial charge >= 0.3 is 0 Å². The summed E-state index contributed by atoms with van der Waals surface area (Å²) in [6.07, 6.45) is 0. The summed E-state index contributed by atoms with van der Waals surface area (Å²) in [5, 5.41) is 5.88. The lowest BCUT2D eigenvalue weighted by molar-refractivity contribution is 0.567. The molecule has 3 rings (SSSR count). The maximum Gasteiger partial charge on any atom is 0.141 e. The Balaban J connectivity index is 2.07. The van der Waals surface area contributed by atoms with Crippen LogP contribution < -0.4 is 5.73 Å². The molecule has 1 unspecified atom stereocenters. The Bertz CT molecular complexity index is 713. The molecule has 4 nitrogen and oxygen atoms in total. The number of aryl methyl sites for hydroxylation is 1. The maximum absolute atomic E-state index is 6.08. The van der Waals surface area contributed by atoms with E-state index in [-0.39, 0.29) is 6.04 Å². The molecule has 0 fully saturated rings. The zero-order chi connectivity index (χ0) is 13.6. The van der Waals surface area contributed by atoms with Crippen LogP contribution in [-0.2, 0) is 0 Å². The Kier molecular flexibility index (Phi) is 2.95. The minimum absolute atomic E-state index is 0.0244. The van der Waals surface area contributed by atoms with E-state index in [4.69, 9.17) is 17.3 Å². The van der Waals surface area contributed by atoms with Crippen LogP contribution in [0.25, 0.3) is 10.2 Å². The van der Waals surface area contributed by atoms with Gasteiger partial charge in [0, 0.05) is 0 Å². The number of halogens is 1. The first-order chi connectivity index (χ1) is 9.08. The van der Waals surface area contributed by atoms with Gasteiger partial charge in [0.05, 0.1) is 15.9 Å². The largest absolute Gasteiger partial charge is 0.383 e. The van der Waals surface area contributed by atoms with Crippen LogP contribution in [0, 0.1) is 6.92 Å². The van der Waals surface area contributed by atoms with Gasteiger partial charge in [0.15, 0.2) is 0 Å². The predicted octanol–water partition coefficient (Wildman–Crippen LogP) is 3.65. The normalized spacial score (nSPS) is 13.0. The van der Waals surface area contributed by atoms with Gasteiger partial charge in [-0.25, -0.2) is 9.67 Å². The van der Waals surface area contributed by atoms with Crippen molar-refractivity contribution in [1.29, 1.82) is 0 Å². The first kappa shape index (κ1) is 12.4. The van der Waals surface area contributed by atoms with Crippen molar-refractivity contribution in [3.8, 4) is 0 Å². The molecule has 1 atom stereocenters. The molecule has 0 aliphatic rings. The highest BCUT2D eigenvalue weighted by atomic mass is 35.5. The molecule has 0 amide bonds. The van der Waals surface area contributed by atoms with E-state index < -0.39 is 0 Å². The number of para-hydroxylation sites is 1. The summed E-state index contributed by atoms with van der Waals surface area (Å²) < 4.78 is 2.90. The van der Waals surface area contributed by atoms with Gasteiger partial charge in [-0.05, 0) is 26.0 Å². The van der Waals surface area contributed by atoms with Crippen molar-refractivity contribution >= 4 is 39.0 Å². The Labute approximate surface area is 119 Å². The molecule has 2 heterocycles. The first-order valence-corrected chi connectivity index (χ1v) is 7.13. The number of hydrogen-bond acceptors (Lipinski definition) is 4. The molecule has 0 bridgehead atoms. The fourth-order valence-electron chi connectivity index (χ4n) is 2.01. The molecule has 0 aliphatic carbocycles. The Morgan fingerprint density at radius 1 is 1.37 bits per heavy atom. The van der Waals surface area contributed by atoms with Crippen molar-refractivity contribution < 1.29 is 0 Å². The van der Waals surface area contributed by atoms with E-state index >= 15 is 0 Å². The van der Waals surface area contributed by atoms with Gasteiger partial charge in [-0.3, -0.25) is 0 Å². The minimum Gasteiger partial charge on any atom is -0.383 e. The Morgan fingerprint density at radius 3 is 2.74 bits per heavy atom. The fraction of sp³-hybridized carbons (Fsp3) is 0.231. The van der Waals surface area contributed by atoms with E-state index in [1.54, 1.807) is 16.0 Å². The Hall–Kier alpha value is -1.59. The van der Waals surface area contributed by atoms with Crippen LogP contribution in [0.15, 0.2) is 24.3 Å². The topological polar surface area (TPSA) is 56.7 Å². The lowest BCUT2D eigenvalue weighted by Crippen LogP contribution is -2.11. The molecule has 0 radical (unpaired) electrons. The first-order valence-electron chi connectivity index (χ1n) is 5.93. The van der Waals surface area contributed by atoms with Crippen molar-refractivity contribution in [2.24, 2.45) is 0 Å². The summed E-state index contributed by atoms with van der Waals surface area (Å²) in [5.74, 6) is 0.492. The molecule has 0 aliphatic heterocycles. The average Bonchev–Trinajstić information content (AvgIpc) is 2.95. The standard InChI is InChI=1S/C13H13ClN4S/c1-7-11(14)12(15)18(17-7)8(2)13-16-9-5-3-4-6-10(9)19-13/h3-6,8H,15H2,1-2H3. The van der Waals surface area contributed by atoms with Crippen molar-refractivity contribution in [2.45, 2.75) is 19.9 Å². The van der Waals surface area contributed by atoms with Gasteiger partial charge in [0.1, 0.15) is 21.9 Å².